The maximum Gasteiger partial charge on any atom is 0.251 e. The lowest BCUT2D eigenvalue weighted by molar-refractivity contribution is -0.132. The summed E-state index contributed by atoms with van der Waals surface area (Å²) in [7, 11) is -3.62. The largest absolute Gasteiger partial charge is 0.352 e. The number of piperazine rings is 1. The number of halogens is 2. The van der Waals surface area contributed by atoms with Gasteiger partial charge in [-0.05, 0) is 55.0 Å². The van der Waals surface area contributed by atoms with Crippen molar-refractivity contribution in [2.24, 2.45) is 0 Å². The molecule has 0 aliphatic carbocycles. The van der Waals surface area contributed by atoms with Gasteiger partial charge in [-0.25, -0.2) is 12.8 Å². The van der Waals surface area contributed by atoms with Gasteiger partial charge in [-0.2, -0.15) is 4.31 Å². The van der Waals surface area contributed by atoms with E-state index in [1.807, 2.05) is 0 Å². The number of nitrogens with one attached hydrogen (secondary N) is 1. The van der Waals surface area contributed by atoms with Gasteiger partial charge in [-0.15, -0.1) is 0 Å². The number of carbonyl (C=O) groups is 2. The lowest BCUT2D eigenvalue weighted by Gasteiger charge is -2.34. The van der Waals surface area contributed by atoms with Gasteiger partial charge in [0.15, 0.2) is 0 Å². The van der Waals surface area contributed by atoms with Crippen molar-refractivity contribution >= 4 is 33.4 Å². The molecule has 0 unspecified atom stereocenters. The number of benzene rings is 2. The molecule has 1 aliphatic rings. The second-order valence-electron chi connectivity index (χ2n) is 7.11. The molecule has 0 atom stereocenters. The predicted molar refractivity (Wildman–Crippen MR) is 115 cm³/mol. The molecule has 2 aromatic rings. The first-order valence-corrected chi connectivity index (χ1v) is 11.7. The van der Waals surface area contributed by atoms with E-state index < -0.39 is 15.8 Å². The summed E-state index contributed by atoms with van der Waals surface area (Å²) in [6.45, 7) is 1.38. The van der Waals surface area contributed by atoms with Crippen molar-refractivity contribution in [1.82, 2.24) is 14.5 Å². The summed E-state index contributed by atoms with van der Waals surface area (Å²) in [5.41, 5.74) is 0.353. The molecule has 0 spiro atoms. The highest BCUT2D eigenvalue weighted by molar-refractivity contribution is 7.89. The molecule has 0 saturated carbocycles. The van der Waals surface area contributed by atoms with Gasteiger partial charge >= 0.3 is 0 Å². The number of hydrogen-bond donors (Lipinski definition) is 1. The van der Waals surface area contributed by atoms with Crippen LogP contribution in [0.4, 0.5) is 4.39 Å². The summed E-state index contributed by atoms with van der Waals surface area (Å²) in [5, 5.41) is 3.16. The zero-order valence-corrected chi connectivity index (χ0v) is 18.3. The number of rotatable bonds is 7. The van der Waals surface area contributed by atoms with Gasteiger partial charge in [0, 0.05) is 49.7 Å². The Kier molecular flexibility index (Phi) is 7.64. The predicted octanol–water partition coefficient (Wildman–Crippen LogP) is 2.52. The summed E-state index contributed by atoms with van der Waals surface area (Å²) in [5.74, 6) is -0.823. The standard InChI is InChI=1S/C21H23ClFN3O4S/c22-17-5-9-19(10-6-17)31(29,30)26-14-12-25(13-15-26)20(27)2-1-11-24-21(28)16-3-7-18(23)8-4-16/h3-10H,1-2,11-15H2,(H,24,28). The third-order valence-corrected chi connectivity index (χ3v) is 7.17. The van der Waals surface area contributed by atoms with E-state index in [1.54, 1.807) is 4.90 Å². The van der Waals surface area contributed by atoms with E-state index in [-0.39, 0.29) is 36.2 Å². The fourth-order valence-electron chi connectivity index (χ4n) is 3.24. The fourth-order valence-corrected chi connectivity index (χ4v) is 4.78. The highest BCUT2D eigenvalue weighted by Crippen LogP contribution is 2.20. The van der Waals surface area contributed by atoms with Gasteiger partial charge < -0.3 is 10.2 Å². The van der Waals surface area contributed by atoms with E-state index in [4.69, 9.17) is 11.6 Å². The lowest BCUT2D eigenvalue weighted by Crippen LogP contribution is -2.50. The Morgan fingerprint density at radius 3 is 2.19 bits per heavy atom. The minimum atomic E-state index is -3.62. The van der Waals surface area contributed by atoms with Crippen LogP contribution in [-0.4, -0.2) is 62.2 Å². The highest BCUT2D eigenvalue weighted by atomic mass is 35.5. The number of nitrogens with zero attached hydrogens (tertiary/aromatic N) is 2. The van der Waals surface area contributed by atoms with Crippen LogP contribution in [-0.2, 0) is 14.8 Å². The minimum absolute atomic E-state index is 0.0837. The van der Waals surface area contributed by atoms with Crippen molar-refractivity contribution in [3.63, 3.8) is 0 Å². The maximum absolute atomic E-state index is 12.9. The molecule has 31 heavy (non-hydrogen) atoms. The monoisotopic (exact) mass is 467 g/mol. The quantitative estimate of drug-likeness (QED) is 0.634. The lowest BCUT2D eigenvalue weighted by atomic mass is 10.2. The summed E-state index contributed by atoms with van der Waals surface area (Å²) in [4.78, 5) is 26.2. The Labute approximate surface area is 185 Å². The molecule has 10 heteroatoms. The summed E-state index contributed by atoms with van der Waals surface area (Å²) >= 11 is 5.82. The van der Waals surface area contributed by atoms with Crippen LogP contribution in [0.5, 0.6) is 0 Å². The van der Waals surface area contributed by atoms with Crippen LogP contribution >= 0.6 is 11.6 Å². The van der Waals surface area contributed by atoms with E-state index in [9.17, 15) is 22.4 Å². The van der Waals surface area contributed by atoms with Crippen LogP contribution in [0, 0.1) is 5.82 Å². The molecule has 3 rings (SSSR count). The molecule has 1 aliphatic heterocycles. The van der Waals surface area contributed by atoms with Crippen LogP contribution in [0.15, 0.2) is 53.4 Å². The first-order chi connectivity index (χ1) is 14.8. The number of sulfonamides is 1. The Bertz CT molecular complexity index is 1020. The first-order valence-electron chi connectivity index (χ1n) is 9.84. The topological polar surface area (TPSA) is 86.8 Å². The number of amides is 2. The highest BCUT2D eigenvalue weighted by Gasteiger charge is 2.29. The molecule has 2 amide bonds. The van der Waals surface area contributed by atoms with Crippen molar-refractivity contribution in [3.05, 3.63) is 64.9 Å². The third kappa shape index (κ3) is 6.03. The summed E-state index contributed by atoms with van der Waals surface area (Å²) in [6, 6.07) is 11.2. The van der Waals surface area contributed by atoms with Crippen molar-refractivity contribution < 1.29 is 22.4 Å². The number of carbonyl (C=O) groups excluding carboxylic acids is 2. The van der Waals surface area contributed by atoms with Gasteiger partial charge in [0.2, 0.25) is 15.9 Å². The molecule has 1 saturated heterocycles. The van der Waals surface area contributed by atoms with Gasteiger partial charge in [-0.1, -0.05) is 11.6 Å². The molecule has 1 N–H and O–H groups in total. The zero-order valence-electron chi connectivity index (χ0n) is 16.8. The van der Waals surface area contributed by atoms with Crippen LogP contribution in [0.1, 0.15) is 23.2 Å². The van der Waals surface area contributed by atoms with E-state index in [0.717, 1.165) is 0 Å². The maximum atomic E-state index is 12.9. The Hall–Kier alpha value is -2.49. The Morgan fingerprint density at radius 2 is 1.58 bits per heavy atom. The second-order valence-corrected chi connectivity index (χ2v) is 9.48. The van der Waals surface area contributed by atoms with Crippen molar-refractivity contribution in [3.8, 4) is 0 Å². The van der Waals surface area contributed by atoms with Gasteiger partial charge in [-0.3, -0.25) is 9.59 Å². The van der Waals surface area contributed by atoms with Gasteiger partial charge in [0.25, 0.3) is 5.91 Å². The van der Waals surface area contributed by atoms with Crippen molar-refractivity contribution in [2.75, 3.05) is 32.7 Å². The van der Waals surface area contributed by atoms with Crippen molar-refractivity contribution in [2.45, 2.75) is 17.7 Å². The molecule has 2 aromatic carbocycles. The van der Waals surface area contributed by atoms with E-state index in [1.165, 1.54) is 52.8 Å². The third-order valence-electron chi connectivity index (χ3n) is 5.00. The van der Waals surface area contributed by atoms with Crippen LogP contribution in [0.3, 0.4) is 0 Å². The molecule has 1 fully saturated rings. The average Bonchev–Trinajstić information content (AvgIpc) is 2.77. The molecule has 7 nitrogen and oxygen atoms in total. The molecule has 0 bridgehead atoms. The molecular formula is C21H23ClFN3O4S. The van der Waals surface area contributed by atoms with E-state index >= 15 is 0 Å². The SMILES string of the molecule is O=C(NCCCC(=O)N1CCN(S(=O)(=O)c2ccc(Cl)cc2)CC1)c1ccc(F)cc1. The molecular weight excluding hydrogens is 445 g/mol. The molecule has 1 heterocycles. The van der Waals surface area contributed by atoms with Crippen LogP contribution < -0.4 is 5.32 Å². The first kappa shape index (κ1) is 23.2. The van der Waals surface area contributed by atoms with Gasteiger partial charge in [0.05, 0.1) is 4.90 Å². The smallest absolute Gasteiger partial charge is 0.251 e. The zero-order chi connectivity index (χ0) is 22.4. The molecule has 166 valence electrons. The van der Waals surface area contributed by atoms with E-state index in [2.05, 4.69) is 5.32 Å². The number of hydrogen-bond acceptors (Lipinski definition) is 4. The normalized spacial score (nSPS) is 15.0. The van der Waals surface area contributed by atoms with Gasteiger partial charge in [0.1, 0.15) is 5.82 Å². The van der Waals surface area contributed by atoms with Crippen molar-refractivity contribution in [1.29, 1.82) is 0 Å². The summed E-state index contributed by atoms with van der Waals surface area (Å²) in [6.07, 6.45) is 0.697. The van der Waals surface area contributed by atoms with Crippen LogP contribution in [0.2, 0.25) is 5.02 Å². The Balaban J connectivity index is 1.41. The molecule has 0 aromatic heterocycles. The van der Waals surface area contributed by atoms with Crippen LogP contribution in [0.25, 0.3) is 0 Å². The average molecular weight is 468 g/mol. The Morgan fingerprint density at radius 1 is 0.968 bits per heavy atom. The minimum Gasteiger partial charge on any atom is -0.352 e. The molecule has 0 radical (unpaired) electrons. The second kappa shape index (κ2) is 10.2. The summed E-state index contributed by atoms with van der Waals surface area (Å²) < 4.78 is 39.7. The fraction of sp³-hybridized carbons (Fsp3) is 0.333. The van der Waals surface area contributed by atoms with E-state index in [0.29, 0.717) is 36.6 Å².